The minimum atomic E-state index is 0.264. The van der Waals surface area contributed by atoms with Gasteiger partial charge in [0.25, 0.3) is 0 Å². The summed E-state index contributed by atoms with van der Waals surface area (Å²) in [5.74, 6) is 0.966. The van der Waals surface area contributed by atoms with Gasteiger partial charge in [-0.05, 0) is 44.6 Å². The predicted octanol–water partition coefficient (Wildman–Crippen LogP) is 2.39. The molecule has 19 heavy (non-hydrogen) atoms. The highest BCUT2D eigenvalue weighted by Gasteiger charge is 2.33. The highest BCUT2D eigenvalue weighted by atomic mass is 16.3. The van der Waals surface area contributed by atoms with E-state index < -0.39 is 0 Å². The van der Waals surface area contributed by atoms with E-state index in [1.54, 1.807) is 0 Å². The van der Waals surface area contributed by atoms with Crippen molar-refractivity contribution in [1.29, 1.82) is 0 Å². The molecule has 2 atom stereocenters. The maximum Gasteiger partial charge on any atom is 0.0585 e. The van der Waals surface area contributed by atoms with Gasteiger partial charge in [-0.1, -0.05) is 26.7 Å². The van der Waals surface area contributed by atoms with E-state index in [0.717, 1.165) is 24.9 Å². The third kappa shape index (κ3) is 4.44. The Morgan fingerprint density at radius 3 is 2.53 bits per heavy atom. The van der Waals surface area contributed by atoms with Gasteiger partial charge in [-0.25, -0.2) is 0 Å². The smallest absolute Gasteiger partial charge is 0.0585 e. The van der Waals surface area contributed by atoms with E-state index in [9.17, 15) is 5.11 Å². The van der Waals surface area contributed by atoms with Crippen molar-refractivity contribution < 1.29 is 5.11 Å². The van der Waals surface area contributed by atoms with Crippen molar-refractivity contribution in [3.63, 3.8) is 0 Å². The molecule has 0 aromatic carbocycles. The number of nitrogens with one attached hydrogen (secondary N) is 1. The van der Waals surface area contributed by atoms with Gasteiger partial charge in [0.05, 0.1) is 6.61 Å². The first-order valence-electron chi connectivity index (χ1n) is 8.31. The number of aliphatic hydroxyl groups excluding tert-OH is 1. The monoisotopic (exact) mass is 268 g/mol. The molecule has 2 unspecified atom stereocenters. The van der Waals surface area contributed by atoms with Crippen LogP contribution in [0.1, 0.15) is 58.8 Å². The molecular weight excluding hydrogens is 236 g/mol. The lowest BCUT2D eigenvalue weighted by molar-refractivity contribution is 0.164. The van der Waals surface area contributed by atoms with Crippen molar-refractivity contribution in [2.45, 2.75) is 76.9 Å². The average Bonchev–Trinajstić information content (AvgIpc) is 3.03. The minimum absolute atomic E-state index is 0.264. The van der Waals surface area contributed by atoms with Crippen molar-refractivity contribution >= 4 is 0 Å². The van der Waals surface area contributed by atoms with Gasteiger partial charge >= 0.3 is 0 Å². The van der Waals surface area contributed by atoms with Crippen LogP contribution >= 0.6 is 0 Å². The van der Waals surface area contributed by atoms with Crippen LogP contribution < -0.4 is 5.32 Å². The van der Waals surface area contributed by atoms with Crippen molar-refractivity contribution in [3.05, 3.63) is 0 Å². The zero-order valence-corrected chi connectivity index (χ0v) is 12.8. The van der Waals surface area contributed by atoms with Crippen LogP contribution in [0.2, 0.25) is 0 Å². The van der Waals surface area contributed by atoms with Crippen molar-refractivity contribution in [2.75, 3.05) is 19.7 Å². The van der Waals surface area contributed by atoms with Gasteiger partial charge in [-0.3, -0.25) is 0 Å². The predicted molar refractivity (Wildman–Crippen MR) is 80.3 cm³/mol. The summed E-state index contributed by atoms with van der Waals surface area (Å²) in [5.41, 5.74) is 0. The summed E-state index contributed by atoms with van der Waals surface area (Å²) in [7, 11) is 0. The van der Waals surface area contributed by atoms with Gasteiger partial charge in [0.1, 0.15) is 0 Å². The Balaban J connectivity index is 1.77. The maximum atomic E-state index is 9.45. The quantitative estimate of drug-likeness (QED) is 0.744. The number of rotatable bonds is 7. The molecule has 3 heteroatoms. The number of hydrogen-bond acceptors (Lipinski definition) is 3. The third-order valence-electron chi connectivity index (χ3n) is 4.91. The summed E-state index contributed by atoms with van der Waals surface area (Å²) in [6.45, 7) is 7.01. The second-order valence-corrected chi connectivity index (χ2v) is 6.78. The summed E-state index contributed by atoms with van der Waals surface area (Å²) >= 11 is 0. The lowest BCUT2D eigenvalue weighted by Gasteiger charge is -2.31. The first-order chi connectivity index (χ1) is 9.20. The van der Waals surface area contributed by atoms with Crippen molar-refractivity contribution in [3.8, 4) is 0 Å². The van der Waals surface area contributed by atoms with Crippen LogP contribution in [0, 0.1) is 5.92 Å². The Morgan fingerprint density at radius 2 is 1.89 bits per heavy atom. The highest BCUT2D eigenvalue weighted by molar-refractivity contribution is 4.88. The van der Waals surface area contributed by atoms with Crippen molar-refractivity contribution in [1.82, 2.24) is 10.2 Å². The number of aliphatic hydroxyl groups is 1. The van der Waals surface area contributed by atoms with Crippen LogP contribution in [0.15, 0.2) is 0 Å². The van der Waals surface area contributed by atoms with Crippen LogP contribution in [0.25, 0.3) is 0 Å². The first-order valence-corrected chi connectivity index (χ1v) is 8.31. The Morgan fingerprint density at radius 1 is 1.16 bits per heavy atom. The molecule has 0 amide bonds. The maximum absolute atomic E-state index is 9.45. The van der Waals surface area contributed by atoms with Crippen LogP contribution in [-0.2, 0) is 0 Å². The third-order valence-corrected chi connectivity index (χ3v) is 4.91. The molecule has 0 radical (unpaired) electrons. The second-order valence-electron chi connectivity index (χ2n) is 6.78. The summed E-state index contributed by atoms with van der Waals surface area (Å²) in [6, 6.07) is 1.58. The molecular formula is C16H32N2O. The molecule has 1 aliphatic heterocycles. The molecule has 0 bridgehead atoms. The standard InChI is InChI=1S/C16H32N2O/c1-13(2)17-15(12-19)9-11-18-10-5-8-16(18)14-6-3-4-7-14/h13-17,19H,3-12H2,1-2H3. The van der Waals surface area contributed by atoms with Gasteiger partial charge in [-0.2, -0.15) is 0 Å². The van der Waals surface area contributed by atoms with Crippen molar-refractivity contribution in [2.24, 2.45) is 5.92 Å². The molecule has 0 aromatic rings. The molecule has 3 nitrogen and oxygen atoms in total. The Kier molecular flexibility index (Phi) is 6.11. The molecule has 0 spiro atoms. The molecule has 2 aliphatic rings. The summed E-state index contributed by atoms with van der Waals surface area (Å²) < 4.78 is 0. The van der Waals surface area contributed by atoms with E-state index in [4.69, 9.17) is 0 Å². The Bertz CT molecular complexity index is 251. The fourth-order valence-corrected chi connectivity index (χ4v) is 4.03. The zero-order chi connectivity index (χ0) is 13.7. The number of hydrogen-bond donors (Lipinski definition) is 2. The van der Waals surface area contributed by atoms with Gasteiger partial charge in [0.2, 0.25) is 0 Å². The lowest BCUT2D eigenvalue weighted by Crippen LogP contribution is -2.42. The topological polar surface area (TPSA) is 35.5 Å². The van der Waals surface area contributed by atoms with Gasteiger partial charge in [-0.15, -0.1) is 0 Å². The fourth-order valence-electron chi connectivity index (χ4n) is 4.03. The zero-order valence-electron chi connectivity index (χ0n) is 12.8. The van der Waals surface area contributed by atoms with Crippen LogP contribution in [-0.4, -0.2) is 47.8 Å². The average molecular weight is 268 g/mol. The molecule has 1 heterocycles. The van der Waals surface area contributed by atoms with Gasteiger partial charge < -0.3 is 15.3 Å². The second kappa shape index (κ2) is 7.61. The Hall–Kier alpha value is -0.120. The summed E-state index contributed by atoms with van der Waals surface area (Å²) in [6.07, 6.45) is 9.67. The molecule has 2 rings (SSSR count). The Labute approximate surface area is 118 Å². The van der Waals surface area contributed by atoms with Gasteiger partial charge in [0, 0.05) is 24.7 Å². The van der Waals surface area contributed by atoms with E-state index in [1.165, 1.54) is 45.1 Å². The largest absolute Gasteiger partial charge is 0.395 e. The molecule has 1 saturated carbocycles. The normalized spacial score (nSPS) is 27.5. The first kappa shape index (κ1) is 15.3. The SMILES string of the molecule is CC(C)NC(CO)CCN1CCCC1C1CCCC1. The van der Waals surface area contributed by atoms with Crippen LogP contribution in [0.4, 0.5) is 0 Å². The summed E-state index contributed by atoms with van der Waals surface area (Å²) in [5, 5.41) is 12.9. The molecule has 1 aliphatic carbocycles. The minimum Gasteiger partial charge on any atom is -0.395 e. The van der Waals surface area contributed by atoms with Crippen LogP contribution in [0.5, 0.6) is 0 Å². The molecule has 1 saturated heterocycles. The number of likely N-dealkylation sites (tertiary alicyclic amines) is 1. The molecule has 2 N–H and O–H groups in total. The summed E-state index contributed by atoms with van der Waals surface area (Å²) in [4.78, 5) is 2.71. The van der Waals surface area contributed by atoms with E-state index in [2.05, 4.69) is 24.1 Å². The lowest BCUT2D eigenvalue weighted by atomic mass is 9.96. The number of nitrogens with zero attached hydrogens (tertiary/aromatic N) is 1. The fraction of sp³-hybridized carbons (Fsp3) is 1.00. The van der Waals surface area contributed by atoms with Gasteiger partial charge in [0.15, 0.2) is 0 Å². The van der Waals surface area contributed by atoms with E-state index in [0.29, 0.717) is 6.04 Å². The molecule has 112 valence electrons. The van der Waals surface area contributed by atoms with E-state index in [1.807, 2.05) is 0 Å². The van der Waals surface area contributed by atoms with E-state index >= 15 is 0 Å². The van der Waals surface area contributed by atoms with E-state index in [-0.39, 0.29) is 12.6 Å². The van der Waals surface area contributed by atoms with Crippen LogP contribution in [0.3, 0.4) is 0 Å². The molecule has 0 aromatic heterocycles. The highest BCUT2D eigenvalue weighted by Crippen LogP contribution is 2.35. The molecule has 2 fully saturated rings.